The molecule has 0 saturated heterocycles. The summed E-state index contributed by atoms with van der Waals surface area (Å²) < 4.78 is 11.1. The number of furan rings is 1. The van der Waals surface area contributed by atoms with Gasteiger partial charge in [-0.1, -0.05) is 37.3 Å². The van der Waals surface area contributed by atoms with E-state index in [9.17, 15) is 9.59 Å². The molecular weight excluding hydrogens is 498 g/mol. The van der Waals surface area contributed by atoms with Gasteiger partial charge in [0.15, 0.2) is 6.61 Å². The molecule has 0 saturated carbocycles. The zero-order valence-electron chi connectivity index (χ0n) is 20.8. The molecule has 0 spiro atoms. The van der Waals surface area contributed by atoms with Crippen LogP contribution in [0.5, 0.6) is 0 Å². The van der Waals surface area contributed by atoms with Gasteiger partial charge in [-0.05, 0) is 66.3 Å². The SMILES string of the molecule is CC1C/C(=C/c2ccco2)c2nc3ccccc3c(C(=O)OCC(=O)Nc3ccccc3SCC#N)c2C1. The zero-order chi connectivity index (χ0) is 26.5. The number of aromatic nitrogens is 1. The molecule has 190 valence electrons. The van der Waals surface area contributed by atoms with Gasteiger partial charge in [0.25, 0.3) is 5.91 Å². The Hall–Kier alpha value is -4.35. The number of fused-ring (bicyclic) bond motifs is 2. The maximum atomic E-state index is 13.5. The topological polar surface area (TPSA) is 105 Å². The van der Waals surface area contributed by atoms with E-state index >= 15 is 0 Å². The normalized spacial score (nSPS) is 15.6. The van der Waals surface area contributed by atoms with Crippen LogP contribution in [-0.2, 0) is 16.0 Å². The molecule has 4 aromatic rings. The number of anilines is 1. The second-order valence-corrected chi connectivity index (χ2v) is 10.1. The summed E-state index contributed by atoms with van der Waals surface area (Å²) in [5.41, 5.74) is 4.29. The van der Waals surface area contributed by atoms with Crippen LogP contribution in [0.15, 0.2) is 76.2 Å². The van der Waals surface area contributed by atoms with Gasteiger partial charge in [0.05, 0.1) is 40.5 Å². The lowest BCUT2D eigenvalue weighted by atomic mass is 9.81. The summed E-state index contributed by atoms with van der Waals surface area (Å²) in [4.78, 5) is 31.9. The van der Waals surface area contributed by atoms with Gasteiger partial charge in [-0.2, -0.15) is 5.26 Å². The summed E-state index contributed by atoms with van der Waals surface area (Å²) in [6.07, 6.45) is 5.07. The molecule has 0 aliphatic heterocycles. The molecule has 2 heterocycles. The van der Waals surface area contributed by atoms with E-state index in [0.29, 0.717) is 28.6 Å². The van der Waals surface area contributed by atoms with Gasteiger partial charge < -0.3 is 14.5 Å². The number of hydrogen-bond donors (Lipinski definition) is 1. The number of allylic oxidation sites excluding steroid dienone is 1. The van der Waals surface area contributed by atoms with Crippen molar-refractivity contribution in [2.24, 2.45) is 5.92 Å². The van der Waals surface area contributed by atoms with Crippen LogP contribution in [0.3, 0.4) is 0 Å². The van der Waals surface area contributed by atoms with Gasteiger partial charge in [-0.15, -0.1) is 11.8 Å². The molecule has 1 aliphatic carbocycles. The number of hydrogen-bond acceptors (Lipinski definition) is 7. The van der Waals surface area contributed by atoms with Crippen molar-refractivity contribution < 1.29 is 18.7 Å². The molecule has 2 aromatic carbocycles. The lowest BCUT2D eigenvalue weighted by Gasteiger charge is -2.26. The minimum absolute atomic E-state index is 0.261. The van der Waals surface area contributed by atoms with Gasteiger partial charge in [0.1, 0.15) is 5.76 Å². The van der Waals surface area contributed by atoms with Crippen LogP contribution < -0.4 is 5.32 Å². The quantitative estimate of drug-likeness (QED) is 0.222. The van der Waals surface area contributed by atoms with Gasteiger partial charge in [0, 0.05) is 10.3 Å². The zero-order valence-corrected chi connectivity index (χ0v) is 21.6. The summed E-state index contributed by atoms with van der Waals surface area (Å²) in [5, 5.41) is 12.4. The molecule has 2 aromatic heterocycles. The number of thioether (sulfide) groups is 1. The lowest BCUT2D eigenvalue weighted by molar-refractivity contribution is -0.119. The third-order valence-electron chi connectivity index (χ3n) is 6.27. The average Bonchev–Trinajstić information content (AvgIpc) is 3.43. The second-order valence-electron chi connectivity index (χ2n) is 9.10. The highest BCUT2D eigenvalue weighted by Gasteiger charge is 2.29. The van der Waals surface area contributed by atoms with Crippen molar-refractivity contribution in [2.75, 3.05) is 17.7 Å². The third kappa shape index (κ3) is 5.48. The smallest absolute Gasteiger partial charge is 0.339 e. The highest BCUT2D eigenvalue weighted by Crippen LogP contribution is 2.38. The number of ether oxygens (including phenoxy) is 1. The fourth-order valence-corrected chi connectivity index (χ4v) is 5.38. The molecule has 1 unspecified atom stereocenters. The van der Waals surface area contributed by atoms with Crippen LogP contribution in [0.4, 0.5) is 5.69 Å². The molecule has 0 bridgehead atoms. The number of nitriles is 1. The molecule has 1 amide bonds. The first kappa shape index (κ1) is 25.3. The van der Waals surface area contributed by atoms with E-state index in [1.54, 1.807) is 18.4 Å². The molecule has 7 nitrogen and oxygen atoms in total. The maximum Gasteiger partial charge on any atom is 0.339 e. The minimum atomic E-state index is -0.561. The Morgan fingerprint density at radius 3 is 2.79 bits per heavy atom. The Balaban J connectivity index is 1.43. The number of para-hydroxylation sites is 2. The molecule has 38 heavy (non-hydrogen) atoms. The van der Waals surface area contributed by atoms with Crippen molar-refractivity contribution >= 4 is 51.9 Å². The fraction of sp³-hybridized carbons (Fsp3) is 0.200. The van der Waals surface area contributed by atoms with E-state index in [4.69, 9.17) is 19.4 Å². The Bertz CT molecular complexity index is 1570. The Kier molecular flexibility index (Phi) is 7.57. The Labute approximate surface area is 224 Å². The molecule has 1 aliphatic rings. The summed E-state index contributed by atoms with van der Waals surface area (Å²) >= 11 is 1.33. The van der Waals surface area contributed by atoms with E-state index in [-0.39, 0.29) is 11.7 Å². The van der Waals surface area contributed by atoms with Crippen LogP contribution in [-0.4, -0.2) is 29.2 Å². The standard InChI is InChI=1S/C30H25N3O4S/c1-19-15-20(17-21-7-6-13-36-21)29-23(16-19)28(22-8-2-3-9-24(22)33-29)30(35)37-18-27(34)32-25-10-4-5-11-26(25)38-14-12-31/h2-11,13,17,19H,14-16,18H2,1H3,(H,32,34)/b20-17-. The summed E-state index contributed by atoms with van der Waals surface area (Å²) in [7, 11) is 0. The predicted molar refractivity (Wildman–Crippen MR) is 147 cm³/mol. The first-order valence-electron chi connectivity index (χ1n) is 12.2. The predicted octanol–water partition coefficient (Wildman–Crippen LogP) is 6.36. The maximum absolute atomic E-state index is 13.5. The van der Waals surface area contributed by atoms with E-state index in [1.807, 2.05) is 54.6 Å². The van der Waals surface area contributed by atoms with E-state index in [2.05, 4.69) is 18.3 Å². The Morgan fingerprint density at radius 2 is 1.97 bits per heavy atom. The monoisotopic (exact) mass is 523 g/mol. The number of benzene rings is 2. The highest BCUT2D eigenvalue weighted by molar-refractivity contribution is 7.99. The van der Waals surface area contributed by atoms with Crippen molar-refractivity contribution in [1.29, 1.82) is 5.26 Å². The van der Waals surface area contributed by atoms with Gasteiger partial charge >= 0.3 is 5.97 Å². The molecular formula is C30H25N3O4S. The third-order valence-corrected chi connectivity index (χ3v) is 7.21. The van der Waals surface area contributed by atoms with Crippen LogP contribution in [0.2, 0.25) is 0 Å². The number of carbonyl (C=O) groups is 2. The van der Waals surface area contributed by atoms with Crippen molar-refractivity contribution in [3.63, 3.8) is 0 Å². The summed E-state index contributed by atoms with van der Waals surface area (Å²) in [6, 6.07) is 20.5. The number of rotatable bonds is 7. The highest BCUT2D eigenvalue weighted by atomic mass is 32.2. The number of nitrogens with zero attached hydrogens (tertiary/aromatic N) is 2. The molecule has 1 N–H and O–H groups in total. The van der Waals surface area contributed by atoms with Crippen LogP contribution in [0.1, 0.15) is 40.7 Å². The van der Waals surface area contributed by atoms with Gasteiger partial charge in [-0.3, -0.25) is 4.79 Å². The Morgan fingerprint density at radius 1 is 1.16 bits per heavy atom. The number of carbonyl (C=O) groups excluding carboxylic acids is 2. The number of nitrogens with one attached hydrogen (secondary N) is 1. The van der Waals surface area contributed by atoms with Crippen molar-refractivity contribution in [3.05, 3.63) is 89.5 Å². The summed E-state index contributed by atoms with van der Waals surface area (Å²) in [6.45, 7) is 1.70. The number of amides is 1. The number of esters is 1. The first-order chi connectivity index (χ1) is 18.5. The van der Waals surface area contributed by atoms with Crippen molar-refractivity contribution in [3.8, 4) is 6.07 Å². The molecule has 1 atom stereocenters. The number of pyridine rings is 1. The lowest BCUT2D eigenvalue weighted by Crippen LogP contribution is -2.23. The average molecular weight is 524 g/mol. The fourth-order valence-electron chi connectivity index (χ4n) is 4.71. The first-order valence-corrected chi connectivity index (χ1v) is 13.2. The van der Waals surface area contributed by atoms with Crippen LogP contribution in [0, 0.1) is 17.2 Å². The largest absolute Gasteiger partial charge is 0.465 e. The van der Waals surface area contributed by atoms with Gasteiger partial charge in [0.2, 0.25) is 0 Å². The minimum Gasteiger partial charge on any atom is -0.465 e. The molecule has 8 heteroatoms. The van der Waals surface area contributed by atoms with E-state index in [1.165, 1.54) is 11.8 Å². The van der Waals surface area contributed by atoms with Crippen molar-refractivity contribution in [1.82, 2.24) is 4.98 Å². The summed E-state index contributed by atoms with van der Waals surface area (Å²) in [5.74, 6) is 0.251. The molecule has 5 rings (SSSR count). The van der Waals surface area contributed by atoms with E-state index in [0.717, 1.165) is 33.9 Å². The van der Waals surface area contributed by atoms with Crippen LogP contribution >= 0.6 is 11.8 Å². The second kappa shape index (κ2) is 11.4. The molecule has 0 radical (unpaired) electrons. The molecule has 0 fully saturated rings. The van der Waals surface area contributed by atoms with Crippen LogP contribution in [0.25, 0.3) is 22.6 Å². The van der Waals surface area contributed by atoms with Crippen molar-refractivity contribution in [2.45, 2.75) is 24.7 Å². The van der Waals surface area contributed by atoms with E-state index < -0.39 is 18.5 Å². The van der Waals surface area contributed by atoms with Gasteiger partial charge in [-0.25, -0.2) is 9.78 Å².